The standard InChI is InChI=1S/C14H22N2O4/c1-2-20-14(19)11-4-3-7-15(10-11)8-9-16-12(17)5-6-13(16)18/h11H,2-10H2,1H3/t11-/m1/s1. The van der Waals surface area contributed by atoms with Crippen molar-refractivity contribution in [3.8, 4) is 0 Å². The molecule has 20 heavy (non-hydrogen) atoms. The van der Waals surface area contributed by atoms with E-state index in [1.807, 2.05) is 6.92 Å². The van der Waals surface area contributed by atoms with Crippen molar-refractivity contribution in [1.29, 1.82) is 0 Å². The normalized spacial score (nSPS) is 24.2. The van der Waals surface area contributed by atoms with Crippen molar-refractivity contribution in [3.63, 3.8) is 0 Å². The number of likely N-dealkylation sites (tertiary alicyclic amines) is 2. The van der Waals surface area contributed by atoms with E-state index in [0.717, 1.165) is 19.4 Å². The summed E-state index contributed by atoms with van der Waals surface area (Å²) in [7, 11) is 0. The largest absolute Gasteiger partial charge is 0.466 e. The number of nitrogens with zero attached hydrogens (tertiary/aromatic N) is 2. The zero-order chi connectivity index (χ0) is 14.5. The van der Waals surface area contributed by atoms with Crippen LogP contribution in [0.5, 0.6) is 0 Å². The van der Waals surface area contributed by atoms with Crippen molar-refractivity contribution in [1.82, 2.24) is 9.80 Å². The Morgan fingerprint density at radius 3 is 2.60 bits per heavy atom. The lowest BCUT2D eigenvalue weighted by atomic mass is 9.98. The summed E-state index contributed by atoms with van der Waals surface area (Å²) in [5.74, 6) is -0.359. The molecule has 6 heteroatoms. The number of carbonyl (C=O) groups is 3. The van der Waals surface area contributed by atoms with E-state index in [1.54, 1.807) is 0 Å². The van der Waals surface area contributed by atoms with Crippen LogP contribution >= 0.6 is 0 Å². The molecule has 0 bridgehead atoms. The number of amides is 2. The van der Waals surface area contributed by atoms with Gasteiger partial charge in [0, 0.05) is 32.5 Å². The van der Waals surface area contributed by atoms with Gasteiger partial charge in [0.15, 0.2) is 0 Å². The van der Waals surface area contributed by atoms with Gasteiger partial charge in [0.1, 0.15) is 0 Å². The lowest BCUT2D eigenvalue weighted by Crippen LogP contribution is -2.44. The van der Waals surface area contributed by atoms with E-state index in [1.165, 1.54) is 4.90 Å². The molecule has 2 aliphatic heterocycles. The lowest BCUT2D eigenvalue weighted by molar-refractivity contribution is -0.150. The average molecular weight is 282 g/mol. The highest BCUT2D eigenvalue weighted by Gasteiger charge is 2.31. The quantitative estimate of drug-likeness (QED) is 0.540. The first-order valence-corrected chi connectivity index (χ1v) is 7.34. The SMILES string of the molecule is CCOC(=O)[C@@H]1CCCN(CCN2C(=O)CCC2=O)C1. The molecule has 6 nitrogen and oxygen atoms in total. The molecular formula is C14H22N2O4. The van der Waals surface area contributed by atoms with Crippen molar-refractivity contribution in [2.45, 2.75) is 32.6 Å². The molecule has 0 aromatic carbocycles. The monoisotopic (exact) mass is 282 g/mol. The maximum atomic E-state index is 11.7. The molecule has 0 aromatic heterocycles. The highest BCUT2D eigenvalue weighted by atomic mass is 16.5. The molecule has 2 heterocycles. The van der Waals surface area contributed by atoms with Gasteiger partial charge >= 0.3 is 5.97 Å². The summed E-state index contributed by atoms with van der Waals surface area (Å²) < 4.78 is 5.06. The minimum absolute atomic E-state index is 0.0750. The van der Waals surface area contributed by atoms with Crippen molar-refractivity contribution >= 4 is 17.8 Å². The average Bonchev–Trinajstić information content (AvgIpc) is 2.76. The molecule has 1 atom stereocenters. The van der Waals surface area contributed by atoms with Gasteiger partial charge in [-0.3, -0.25) is 19.3 Å². The van der Waals surface area contributed by atoms with E-state index in [-0.39, 0.29) is 23.7 Å². The number of hydrogen-bond acceptors (Lipinski definition) is 5. The summed E-state index contributed by atoms with van der Waals surface area (Å²) in [6.45, 7) is 4.87. The Kier molecular flexibility index (Phi) is 5.11. The number of imide groups is 1. The van der Waals surface area contributed by atoms with Crippen LogP contribution in [0.4, 0.5) is 0 Å². The molecule has 0 saturated carbocycles. The first kappa shape index (κ1) is 15.0. The van der Waals surface area contributed by atoms with E-state index < -0.39 is 0 Å². The van der Waals surface area contributed by atoms with E-state index in [4.69, 9.17) is 4.74 Å². The molecule has 0 unspecified atom stereocenters. The summed E-state index contributed by atoms with van der Waals surface area (Å²) in [6.07, 6.45) is 2.48. The number of piperidine rings is 1. The Hall–Kier alpha value is -1.43. The smallest absolute Gasteiger partial charge is 0.310 e. The van der Waals surface area contributed by atoms with Crippen LogP contribution in [-0.2, 0) is 19.1 Å². The first-order valence-electron chi connectivity index (χ1n) is 7.34. The third-order valence-corrected chi connectivity index (χ3v) is 3.92. The van der Waals surface area contributed by atoms with Crippen LogP contribution in [0.25, 0.3) is 0 Å². The Morgan fingerprint density at radius 2 is 1.95 bits per heavy atom. The van der Waals surface area contributed by atoms with Gasteiger partial charge in [-0.05, 0) is 26.3 Å². The second-order valence-corrected chi connectivity index (χ2v) is 5.33. The minimum Gasteiger partial charge on any atom is -0.466 e. The van der Waals surface area contributed by atoms with E-state index >= 15 is 0 Å². The van der Waals surface area contributed by atoms with Crippen LogP contribution in [0.1, 0.15) is 32.6 Å². The molecule has 0 N–H and O–H groups in total. The van der Waals surface area contributed by atoms with Crippen molar-refractivity contribution in [3.05, 3.63) is 0 Å². The maximum absolute atomic E-state index is 11.7. The third kappa shape index (κ3) is 3.56. The highest BCUT2D eigenvalue weighted by Crippen LogP contribution is 2.18. The third-order valence-electron chi connectivity index (χ3n) is 3.92. The van der Waals surface area contributed by atoms with Gasteiger partial charge < -0.3 is 9.64 Å². The molecule has 2 saturated heterocycles. The number of hydrogen-bond donors (Lipinski definition) is 0. The van der Waals surface area contributed by atoms with Crippen LogP contribution < -0.4 is 0 Å². The molecule has 112 valence electrons. The predicted molar refractivity (Wildman–Crippen MR) is 71.8 cm³/mol. The molecule has 2 amide bonds. The molecule has 0 aromatic rings. The van der Waals surface area contributed by atoms with Crippen LogP contribution in [0.2, 0.25) is 0 Å². The molecule has 2 fully saturated rings. The lowest BCUT2D eigenvalue weighted by Gasteiger charge is -2.32. The summed E-state index contributed by atoms with van der Waals surface area (Å²) >= 11 is 0. The van der Waals surface area contributed by atoms with Gasteiger partial charge in [0.25, 0.3) is 0 Å². The Morgan fingerprint density at radius 1 is 1.25 bits per heavy atom. The van der Waals surface area contributed by atoms with Crippen LogP contribution in [0.3, 0.4) is 0 Å². The van der Waals surface area contributed by atoms with Crippen molar-refractivity contribution in [2.24, 2.45) is 5.92 Å². The van der Waals surface area contributed by atoms with Gasteiger partial charge in [-0.2, -0.15) is 0 Å². The maximum Gasteiger partial charge on any atom is 0.310 e. The van der Waals surface area contributed by atoms with Gasteiger partial charge in [0.05, 0.1) is 12.5 Å². The molecule has 0 aliphatic carbocycles. The van der Waals surface area contributed by atoms with Gasteiger partial charge in [-0.15, -0.1) is 0 Å². The van der Waals surface area contributed by atoms with Crippen molar-refractivity contribution < 1.29 is 19.1 Å². The molecular weight excluding hydrogens is 260 g/mol. The van der Waals surface area contributed by atoms with E-state index in [2.05, 4.69) is 4.90 Å². The molecule has 0 spiro atoms. The summed E-state index contributed by atoms with van der Waals surface area (Å²) in [6, 6.07) is 0. The van der Waals surface area contributed by atoms with Gasteiger partial charge in [0.2, 0.25) is 11.8 Å². The Bertz CT molecular complexity index is 381. The number of ether oxygens (including phenoxy) is 1. The second-order valence-electron chi connectivity index (χ2n) is 5.33. The number of rotatable bonds is 5. The minimum atomic E-state index is -0.134. The number of carbonyl (C=O) groups excluding carboxylic acids is 3. The molecule has 2 aliphatic rings. The van der Waals surface area contributed by atoms with Crippen molar-refractivity contribution in [2.75, 3.05) is 32.8 Å². The van der Waals surface area contributed by atoms with Gasteiger partial charge in [-0.25, -0.2) is 0 Å². The van der Waals surface area contributed by atoms with E-state index in [0.29, 0.717) is 39.1 Å². The topological polar surface area (TPSA) is 66.9 Å². The molecule has 0 radical (unpaired) electrons. The summed E-state index contributed by atoms with van der Waals surface area (Å²) in [4.78, 5) is 38.3. The second kappa shape index (κ2) is 6.83. The fraction of sp³-hybridized carbons (Fsp3) is 0.786. The van der Waals surface area contributed by atoms with Crippen LogP contribution in [0, 0.1) is 5.92 Å². The highest BCUT2D eigenvalue weighted by molar-refractivity contribution is 6.01. The first-order chi connectivity index (χ1) is 9.61. The summed E-state index contributed by atoms with van der Waals surface area (Å²) in [5, 5.41) is 0. The zero-order valence-electron chi connectivity index (χ0n) is 12.0. The molecule has 2 rings (SSSR count). The summed E-state index contributed by atoms with van der Waals surface area (Å²) in [5.41, 5.74) is 0. The number of esters is 1. The van der Waals surface area contributed by atoms with Gasteiger partial charge in [-0.1, -0.05) is 0 Å². The fourth-order valence-electron chi connectivity index (χ4n) is 2.82. The van der Waals surface area contributed by atoms with Crippen LogP contribution in [-0.4, -0.2) is 60.4 Å². The zero-order valence-corrected chi connectivity index (χ0v) is 12.0. The van der Waals surface area contributed by atoms with E-state index in [9.17, 15) is 14.4 Å². The Labute approximate surface area is 119 Å². The Balaban J connectivity index is 1.79. The van der Waals surface area contributed by atoms with Crippen LogP contribution in [0.15, 0.2) is 0 Å². The predicted octanol–water partition coefficient (Wildman–Crippen LogP) is 0.410. The fourth-order valence-corrected chi connectivity index (χ4v) is 2.82.